The summed E-state index contributed by atoms with van der Waals surface area (Å²) in [6.07, 6.45) is 3.41. The molecule has 0 radical (unpaired) electrons. The first-order valence-electron chi connectivity index (χ1n) is 5.74. The Morgan fingerprint density at radius 1 is 1.53 bits per heavy atom. The van der Waals surface area contributed by atoms with Crippen LogP contribution in [0.4, 0.5) is 5.69 Å². The molecule has 0 aliphatic heterocycles. The Morgan fingerprint density at radius 2 is 2.32 bits per heavy atom. The Kier molecular flexibility index (Phi) is 4.06. The van der Waals surface area contributed by atoms with Gasteiger partial charge in [-0.15, -0.1) is 0 Å². The van der Waals surface area contributed by atoms with Gasteiger partial charge in [-0.2, -0.15) is 0 Å². The van der Waals surface area contributed by atoms with Crippen molar-refractivity contribution in [3.8, 4) is 0 Å². The van der Waals surface area contributed by atoms with Crippen LogP contribution in [0.2, 0.25) is 5.02 Å². The Morgan fingerprint density at radius 3 is 2.89 bits per heavy atom. The zero-order valence-corrected chi connectivity index (χ0v) is 11.2. The van der Waals surface area contributed by atoms with Crippen molar-refractivity contribution in [1.82, 2.24) is 9.55 Å². The fraction of sp³-hybridized carbons (Fsp3) is 0.231. The van der Waals surface area contributed by atoms with E-state index in [2.05, 4.69) is 4.98 Å². The molecule has 0 bridgehead atoms. The maximum Gasteiger partial charge on any atom is 0.323 e. The molecule has 19 heavy (non-hydrogen) atoms. The first-order valence-corrected chi connectivity index (χ1v) is 6.11. The van der Waals surface area contributed by atoms with Crippen LogP contribution in [-0.4, -0.2) is 27.2 Å². The largest absolute Gasteiger partial charge is 0.480 e. The van der Waals surface area contributed by atoms with Crippen LogP contribution in [0.1, 0.15) is 5.69 Å². The van der Waals surface area contributed by atoms with Crippen molar-refractivity contribution in [2.45, 2.75) is 6.54 Å². The molecule has 0 aliphatic rings. The Labute approximate surface area is 116 Å². The quantitative estimate of drug-likeness (QED) is 0.911. The van der Waals surface area contributed by atoms with E-state index in [0.29, 0.717) is 11.6 Å². The molecule has 2 aromatic rings. The molecule has 0 atom stereocenters. The number of nitrogens with zero attached hydrogens (tertiary/aromatic N) is 3. The van der Waals surface area contributed by atoms with E-state index in [1.54, 1.807) is 35.6 Å². The standard InChI is InChI=1S/C13H14ClN3O2/c1-16-9-15-6-12(16)7-17(8-13(18)19)11-4-2-3-10(14)5-11/h2-6,9H,7-8H2,1H3,(H,18,19). The number of aryl methyl sites for hydroxylation is 1. The van der Waals surface area contributed by atoms with E-state index < -0.39 is 5.97 Å². The third-order valence-electron chi connectivity index (χ3n) is 2.77. The number of rotatable bonds is 5. The van der Waals surface area contributed by atoms with Gasteiger partial charge in [-0.25, -0.2) is 4.98 Å². The highest BCUT2D eigenvalue weighted by Gasteiger charge is 2.13. The molecule has 1 aromatic carbocycles. The average Bonchev–Trinajstić information content (AvgIpc) is 2.74. The Bertz CT molecular complexity index is 583. The first-order chi connectivity index (χ1) is 9.06. The van der Waals surface area contributed by atoms with Gasteiger partial charge in [-0.05, 0) is 18.2 Å². The van der Waals surface area contributed by atoms with Crippen molar-refractivity contribution in [1.29, 1.82) is 0 Å². The van der Waals surface area contributed by atoms with Crippen LogP contribution in [0.25, 0.3) is 0 Å². The van der Waals surface area contributed by atoms with Crippen molar-refractivity contribution in [3.63, 3.8) is 0 Å². The molecule has 1 heterocycles. The normalized spacial score (nSPS) is 10.4. The predicted molar refractivity (Wildman–Crippen MR) is 73.3 cm³/mol. The summed E-state index contributed by atoms with van der Waals surface area (Å²) in [5.41, 5.74) is 1.71. The highest BCUT2D eigenvalue weighted by Crippen LogP contribution is 2.21. The van der Waals surface area contributed by atoms with Gasteiger partial charge in [0.25, 0.3) is 0 Å². The number of hydrogen-bond acceptors (Lipinski definition) is 3. The van der Waals surface area contributed by atoms with Crippen molar-refractivity contribution in [2.75, 3.05) is 11.4 Å². The molecule has 6 heteroatoms. The second-order valence-corrected chi connectivity index (χ2v) is 4.66. The van der Waals surface area contributed by atoms with E-state index in [0.717, 1.165) is 11.4 Å². The van der Waals surface area contributed by atoms with Crippen molar-refractivity contribution < 1.29 is 9.90 Å². The highest BCUT2D eigenvalue weighted by molar-refractivity contribution is 6.30. The van der Waals surface area contributed by atoms with Gasteiger partial charge < -0.3 is 14.6 Å². The average molecular weight is 280 g/mol. The van der Waals surface area contributed by atoms with Gasteiger partial charge in [0.2, 0.25) is 0 Å². The topological polar surface area (TPSA) is 58.4 Å². The summed E-state index contributed by atoms with van der Waals surface area (Å²) in [6, 6.07) is 7.15. The number of benzene rings is 1. The van der Waals surface area contributed by atoms with Gasteiger partial charge in [-0.3, -0.25) is 4.79 Å². The van der Waals surface area contributed by atoms with Crippen LogP contribution in [0.5, 0.6) is 0 Å². The second-order valence-electron chi connectivity index (χ2n) is 4.23. The Balaban J connectivity index is 2.26. The monoisotopic (exact) mass is 279 g/mol. The van der Waals surface area contributed by atoms with Crippen molar-refractivity contribution in [2.24, 2.45) is 7.05 Å². The molecule has 1 N–H and O–H groups in total. The number of carboxylic acids is 1. The van der Waals surface area contributed by atoms with Gasteiger partial charge >= 0.3 is 5.97 Å². The molecule has 0 fully saturated rings. The highest BCUT2D eigenvalue weighted by atomic mass is 35.5. The van der Waals surface area contributed by atoms with Crippen LogP contribution in [-0.2, 0) is 18.4 Å². The van der Waals surface area contributed by atoms with Crippen LogP contribution in [0.15, 0.2) is 36.8 Å². The molecule has 0 amide bonds. The Hall–Kier alpha value is -2.01. The minimum absolute atomic E-state index is 0.0917. The van der Waals surface area contributed by atoms with E-state index in [9.17, 15) is 4.79 Å². The zero-order valence-electron chi connectivity index (χ0n) is 10.5. The molecule has 0 aliphatic carbocycles. The minimum Gasteiger partial charge on any atom is -0.480 e. The van der Waals surface area contributed by atoms with Gasteiger partial charge in [0, 0.05) is 24.0 Å². The number of imidazole rings is 1. The summed E-state index contributed by atoms with van der Waals surface area (Å²) in [4.78, 5) is 16.8. The lowest BCUT2D eigenvalue weighted by molar-refractivity contribution is -0.135. The van der Waals surface area contributed by atoms with E-state index in [-0.39, 0.29) is 6.54 Å². The first kappa shape index (κ1) is 13.4. The third-order valence-corrected chi connectivity index (χ3v) is 3.00. The summed E-state index contributed by atoms with van der Waals surface area (Å²) in [5, 5.41) is 9.60. The van der Waals surface area contributed by atoms with E-state index in [4.69, 9.17) is 16.7 Å². The number of carboxylic acid groups (broad SMARTS) is 1. The molecule has 0 unspecified atom stereocenters. The second kappa shape index (κ2) is 5.75. The lowest BCUT2D eigenvalue weighted by atomic mass is 10.2. The van der Waals surface area contributed by atoms with Crippen LogP contribution in [0, 0.1) is 0 Å². The number of anilines is 1. The van der Waals surface area contributed by atoms with Crippen molar-refractivity contribution >= 4 is 23.3 Å². The van der Waals surface area contributed by atoms with Crippen molar-refractivity contribution in [3.05, 3.63) is 47.5 Å². The number of carbonyl (C=O) groups is 1. The summed E-state index contributed by atoms with van der Waals surface area (Å²) < 4.78 is 1.86. The predicted octanol–water partition coefficient (Wildman–Crippen LogP) is 2.16. The van der Waals surface area contributed by atoms with E-state index in [1.165, 1.54) is 0 Å². The molecule has 5 nitrogen and oxygen atoms in total. The summed E-state index contributed by atoms with van der Waals surface area (Å²) in [7, 11) is 1.87. The molecule has 0 saturated carbocycles. The summed E-state index contributed by atoms with van der Waals surface area (Å²) in [5.74, 6) is -0.887. The van der Waals surface area contributed by atoms with Gasteiger partial charge in [0.05, 0.1) is 18.6 Å². The van der Waals surface area contributed by atoms with Crippen LogP contribution in [0.3, 0.4) is 0 Å². The lowest BCUT2D eigenvalue weighted by Crippen LogP contribution is -2.29. The van der Waals surface area contributed by atoms with E-state index in [1.807, 2.05) is 17.7 Å². The summed E-state index contributed by atoms with van der Waals surface area (Å²) >= 11 is 5.95. The molecule has 100 valence electrons. The molecule has 1 aromatic heterocycles. The van der Waals surface area contributed by atoms with Gasteiger partial charge in [0.15, 0.2) is 0 Å². The maximum atomic E-state index is 11.0. The number of aliphatic carboxylic acids is 1. The van der Waals surface area contributed by atoms with Crippen LogP contribution < -0.4 is 4.90 Å². The maximum absolute atomic E-state index is 11.0. The molecular formula is C13H14ClN3O2. The molecular weight excluding hydrogens is 266 g/mol. The third kappa shape index (κ3) is 3.48. The molecule has 0 saturated heterocycles. The smallest absolute Gasteiger partial charge is 0.323 e. The van der Waals surface area contributed by atoms with Gasteiger partial charge in [0.1, 0.15) is 6.54 Å². The fourth-order valence-corrected chi connectivity index (χ4v) is 1.99. The molecule has 0 spiro atoms. The lowest BCUT2D eigenvalue weighted by Gasteiger charge is -2.23. The SMILES string of the molecule is Cn1cncc1CN(CC(=O)O)c1cccc(Cl)c1. The zero-order chi connectivity index (χ0) is 13.8. The fourth-order valence-electron chi connectivity index (χ4n) is 1.81. The van der Waals surface area contributed by atoms with E-state index >= 15 is 0 Å². The molecule has 2 rings (SSSR count). The number of aromatic nitrogens is 2. The minimum atomic E-state index is -0.887. The van der Waals surface area contributed by atoms with Gasteiger partial charge in [-0.1, -0.05) is 17.7 Å². The van der Waals surface area contributed by atoms with Crippen LogP contribution >= 0.6 is 11.6 Å². The summed E-state index contributed by atoms with van der Waals surface area (Å²) in [6.45, 7) is 0.370. The number of halogens is 1. The number of hydrogen-bond donors (Lipinski definition) is 1.